The molecule has 1 heterocycles. The smallest absolute Gasteiger partial charge is 0.244 e. The van der Waals surface area contributed by atoms with E-state index in [4.69, 9.17) is 0 Å². The third kappa shape index (κ3) is 5.50. The van der Waals surface area contributed by atoms with Crippen molar-refractivity contribution in [1.82, 2.24) is 14.7 Å². The highest BCUT2D eigenvalue weighted by atomic mass is 19.2. The second-order valence-corrected chi connectivity index (χ2v) is 6.89. The van der Waals surface area contributed by atoms with Crippen LogP contribution in [0.3, 0.4) is 0 Å². The van der Waals surface area contributed by atoms with Crippen molar-refractivity contribution in [3.63, 3.8) is 0 Å². The first-order valence-electron chi connectivity index (χ1n) is 9.69. The lowest BCUT2D eigenvalue weighted by molar-refractivity contribution is -0.134. The monoisotopic (exact) mass is 430 g/mol. The maximum absolute atomic E-state index is 13.8. The second kappa shape index (κ2) is 9.92. The number of rotatable bonds is 8. The van der Waals surface area contributed by atoms with Crippen LogP contribution in [0.5, 0.6) is 0 Å². The van der Waals surface area contributed by atoms with Crippen LogP contribution in [-0.4, -0.2) is 39.6 Å². The van der Waals surface area contributed by atoms with Gasteiger partial charge in [0.25, 0.3) is 0 Å². The first-order chi connectivity index (χ1) is 14.9. The van der Waals surface area contributed by atoms with Gasteiger partial charge in [-0.3, -0.25) is 9.59 Å². The van der Waals surface area contributed by atoms with Crippen LogP contribution in [0, 0.1) is 17.5 Å². The summed E-state index contributed by atoms with van der Waals surface area (Å²) in [7, 11) is 0. The summed E-state index contributed by atoms with van der Waals surface area (Å²) in [5, 5.41) is 6.43. The molecule has 3 aromatic rings. The number of carbonyl (C=O) groups is 2. The van der Waals surface area contributed by atoms with Crippen LogP contribution in [-0.2, 0) is 16.0 Å². The van der Waals surface area contributed by atoms with E-state index in [9.17, 15) is 22.8 Å². The van der Waals surface area contributed by atoms with Gasteiger partial charge in [0.2, 0.25) is 11.8 Å². The maximum Gasteiger partial charge on any atom is 0.244 e. The van der Waals surface area contributed by atoms with E-state index in [0.29, 0.717) is 24.6 Å². The molecule has 0 saturated heterocycles. The van der Waals surface area contributed by atoms with Crippen molar-refractivity contribution < 1.29 is 22.8 Å². The second-order valence-electron chi connectivity index (χ2n) is 6.89. The Morgan fingerprint density at radius 3 is 2.52 bits per heavy atom. The molecule has 1 aromatic heterocycles. The fourth-order valence-electron chi connectivity index (χ4n) is 3.01. The normalized spacial score (nSPS) is 10.7. The molecule has 6 nitrogen and oxygen atoms in total. The Balaban J connectivity index is 1.65. The van der Waals surface area contributed by atoms with Gasteiger partial charge in [-0.1, -0.05) is 25.1 Å². The molecule has 2 aromatic carbocycles. The molecule has 3 rings (SSSR count). The molecule has 0 aliphatic carbocycles. The Kier molecular flexibility index (Phi) is 7.07. The molecule has 1 N–H and O–H groups in total. The van der Waals surface area contributed by atoms with Crippen molar-refractivity contribution in [3.8, 4) is 5.69 Å². The predicted molar refractivity (Wildman–Crippen MR) is 109 cm³/mol. The van der Waals surface area contributed by atoms with Crippen LogP contribution in [0.25, 0.3) is 5.69 Å². The lowest BCUT2D eigenvalue weighted by atomic mass is 10.2. The van der Waals surface area contributed by atoms with E-state index in [1.807, 2.05) is 37.3 Å². The number of anilines is 1. The summed E-state index contributed by atoms with van der Waals surface area (Å²) in [6.45, 7) is 1.80. The SMILES string of the molecule is CCCN(CC(=O)Nc1ccc(F)c(F)c1F)C(=O)Cc1cnn(-c2ccccc2)c1. The molecular formula is C22H21F3N4O2. The summed E-state index contributed by atoms with van der Waals surface area (Å²) in [6, 6.07) is 11.0. The van der Waals surface area contributed by atoms with Crippen LogP contribution in [0.15, 0.2) is 54.9 Å². The Morgan fingerprint density at radius 1 is 1.06 bits per heavy atom. The predicted octanol–water partition coefficient (Wildman–Crippen LogP) is 3.71. The summed E-state index contributed by atoms with van der Waals surface area (Å²) >= 11 is 0. The highest BCUT2D eigenvalue weighted by molar-refractivity contribution is 5.94. The summed E-state index contributed by atoms with van der Waals surface area (Å²) in [5.41, 5.74) is 1.03. The van der Waals surface area contributed by atoms with Crippen LogP contribution in [0.4, 0.5) is 18.9 Å². The standard InChI is InChI=1S/C22H21F3N4O2/c1-2-10-28(14-19(30)27-18-9-8-17(23)21(24)22(18)25)20(31)11-15-12-26-29(13-15)16-6-4-3-5-7-16/h3-9,12-13H,2,10-11,14H2,1H3,(H,27,30). The molecule has 162 valence electrons. The molecule has 9 heteroatoms. The molecule has 0 spiro atoms. The number of hydrogen-bond acceptors (Lipinski definition) is 3. The van der Waals surface area contributed by atoms with E-state index in [1.54, 1.807) is 17.1 Å². The molecule has 0 atom stereocenters. The Labute approximate surface area is 177 Å². The van der Waals surface area contributed by atoms with E-state index in [2.05, 4.69) is 10.4 Å². The summed E-state index contributed by atoms with van der Waals surface area (Å²) < 4.78 is 41.8. The van der Waals surface area contributed by atoms with Crippen molar-refractivity contribution in [1.29, 1.82) is 0 Å². The number of para-hydroxylation sites is 1. The van der Waals surface area contributed by atoms with Crippen LogP contribution < -0.4 is 5.32 Å². The van der Waals surface area contributed by atoms with E-state index in [-0.39, 0.29) is 18.9 Å². The first-order valence-corrected chi connectivity index (χ1v) is 9.69. The van der Waals surface area contributed by atoms with Gasteiger partial charge in [-0.25, -0.2) is 17.9 Å². The Bertz CT molecular complexity index is 1070. The zero-order valence-electron chi connectivity index (χ0n) is 16.8. The van der Waals surface area contributed by atoms with Crippen molar-refractivity contribution in [3.05, 3.63) is 77.9 Å². The van der Waals surface area contributed by atoms with E-state index < -0.39 is 29.0 Å². The van der Waals surface area contributed by atoms with E-state index >= 15 is 0 Å². The van der Waals surface area contributed by atoms with Crippen LogP contribution in [0.2, 0.25) is 0 Å². The van der Waals surface area contributed by atoms with Gasteiger partial charge >= 0.3 is 0 Å². The highest BCUT2D eigenvalue weighted by Gasteiger charge is 2.20. The molecule has 2 amide bonds. The number of nitrogens with one attached hydrogen (secondary N) is 1. The number of hydrogen-bond donors (Lipinski definition) is 1. The van der Waals surface area contributed by atoms with Gasteiger partial charge in [-0.2, -0.15) is 5.10 Å². The van der Waals surface area contributed by atoms with Crippen LogP contribution >= 0.6 is 0 Å². The molecule has 0 bridgehead atoms. The van der Waals surface area contributed by atoms with Gasteiger partial charge in [0.1, 0.15) is 0 Å². The van der Waals surface area contributed by atoms with Gasteiger partial charge in [0, 0.05) is 12.7 Å². The number of amides is 2. The third-order valence-corrected chi connectivity index (χ3v) is 4.50. The molecule has 0 aliphatic heterocycles. The summed E-state index contributed by atoms with van der Waals surface area (Å²) in [5.74, 6) is -5.54. The average molecular weight is 430 g/mol. The fourth-order valence-corrected chi connectivity index (χ4v) is 3.01. The number of halogens is 3. The van der Waals surface area contributed by atoms with Gasteiger partial charge in [-0.15, -0.1) is 0 Å². The number of benzene rings is 2. The van der Waals surface area contributed by atoms with Crippen molar-refractivity contribution in [2.24, 2.45) is 0 Å². The average Bonchev–Trinajstić information content (AvgIpc) is 3.23. The minimum absolute atomic E-state index is 0.0274. The van der Waals surface area contributed by atoms with Crippen LogP contribution in [0.1, 0.15) is 18.9 Å². The van der Waals surface area contributed by atoms with E-state index in [1.165, 1.54) is 4.90 Å². The van der Waals surface area contributed by atoms with Crippen molar-refractivity contribution in [2.45, 2.75) is 19.8 Å². The molecular weight excluding hydrogens is 409 g/mol. The lowest BCUT2D eigenvalue weighted by Crippen LogP contribution is -2.39. The Morgan fingerprint density at radius 2 is 1.81 bits per heavy atom. The fraction of sp³-hybridized carbons (Fsp3) is 0.227. The van der Waals surface area contributed by atoms with Gasteiger partial charge in [0.15, 0.2) is 17.5 Å². The Hall–Kier alpha value is -3.62. The topological polar surface area (TPSA) is 67.2 Å². The van der Waals surface area contributed by atoms with Gasteiger partial charge in [0.05, 0.1) is 30.5 Å². The highest BCUT2D eigenvalue weighted by Crippen LogP contribution is 2.19. The summed E-state index contributed by atoms with van der Waals surface area (Å²) in [4.78, 5) is 26.3. The zero-order valence-corrected chi connectivity index (χ0v) is 16.8. The lowest BCUT2D eigenvalue weighted by Gasteiger charge is -2.21. The molecule has 0 fully saturated rings. The largest absolute Gasteiger partial charge is 0.333 e. The maximum atomic E-state index is 13.8. The quantitative estimate of drug-likeness (QED) is 0.554. The molecule has 0 aliphatic rings. The van der Waals surface area contributed by atoms with Gasteiger partial charge < -0.3 is 10.2 Å². The third-order valence-electron chi connectivity index (χ3n) is 4.50. The molecule has 0 saturated carbocycles. The van der Waals surface area contributed by atoms with Gasteiger partial charge in [-0.05, 0) is 36.2 Å². The minimum atomic E-state index is -1.67. The minimum Gasteiger partial charge on any atom is -0.333 e. The molecule has 0 unspecified atom stereocenters. The van der Waals surface area contributed by atoms with Crippen molar-refractivity contribution >= 4 is 17.5 Å². The zero-order chi connectivity index (χ0) is 22.4. The molecule has 0 radical (unpaired) electrons. The summed E-state index contributed by atoms with van der Waals surface area (Å²) in [6.07, 6.45) is 3.93. The number of nitrogens with zero attached hydrogens (tertiary/aromatic N) is 3. The number of carbonyl (C=O) groups excluding carboxylic acids is 2. The number of aromatic nitrogens is 2. The molecule has 31 heavy (non-hydrogen) atoms. The van der Waals surface area contributed by atoms with E-state index in [0.717, 1.165) is 11.8 Å². The first kappa shape index (κ1) is 22.1. The van der Waals surface area contributed by atoms with Crippen molar-refractivity contribution in [2.75, 3.05) is 18.4 Å².